The van der Waals surface area contributed by atoms with E-state index in [4.69, 9.17) is 0 Å². The Kier molecular flexibility index (Phi) is 4.27. The molecule has 3 unspecified atom stereocenters. The van der Waals surface area contributed by atoms with Crippen molar-refractivity contribution in [2.24, 2.45) is 5.92 Å². The van der Waals surface area contributed by atoms with Gasteiger partial charge in [0, 0.05) is 12.6 Å². The van der Waals surface area contributed by atoms with Crippen LogP contribution < -0.4 is 10.6 Å². The standard InChI is InChI=1S/C12H22N2O3S/c1-9-5-6-13-8-10(9)14-12(15)11-4-2-3-7-18(11,16)17/h9-11,13H,2-8H2,1H3,(H,14,15). The molecule has 0 spiro atoms. The van der Waals surface area contributed by atoms with E-state index in [9.17, 15) is 13.2 Å². The van der Waals surface area contributed by atoms with Crippen molar-refractivity contribution in [3.8, 4) is 0 Å². The zero-order valence-electron chi connectivity index (χ0n) is 10.8. The topological polar surface area (TPSA) is 75.3 Å². The molecule has 2 rings (SSSR count). The number of nitrogens with one attached hydrogen (secondary N) is 2. The van der Waals surface area contributed by atoms with Gasteiger partial charge in [0.1, 0.15) is 5.25 Å². The van der Waals surface area contributed by atoms with Gasteiger partial charge in [-0.25, -0.2) is 8.42 Å². The smallest absolute Gasteiger partial charge is 0.238 e. The van der Waals surface area contributed by atoms with Crippen LogP contribution in [0.3, 0.4) is 0 Å². The van der Waals surface area contributed by atoms with Gasteiger partial charge < -0.3 is 10.6 Å². The summed E-state index contributed by atoms with van der Waals surface area (Å²) < 4.78 is 23.7. The summed E-state index contributed by atoms with van der Waals surface area (Å²) in [5.74, 6) is 0.264. The number of carbonyl (C=O) groups is 1. The van der Waals surface area contributed by atoms with Crippen LogP contribution in [-0.2, 0) is 14.6 Å². The molecule has 0 aromatic carbocycles. The Morgan fingerprint density at radius 3 is 2.72 bits per heavy atom. The van der Waals surface area contributed by atoms with E-state index < -0.39 is 15.1 Å². The highest BCUT2D eigenvalue weighted by atomic mass is 32.2. The van der Waals surface area contributed by atoms with Crippen molar-refractivity contribution in [1.82, 2.24) is 10.6 Å². The molecule has 2 aliphatic heterocycles. The number of amides is 1. The molecule has 0 aromatic heterocycles. The van der Waals surface area contributed by atoms with E-state index in [0.29, 0.717) is 18.8 Å². The molecule has 0 saturated carbocycles. The predicted molar refractivity (Wildman–Crippen MR) is 70.0 cm³/mol. The third-order valence-corrected chi connectivity index (χ3v) is 6.20. The van der Waals surface area contributed by atoms with Crippen LogP contribution in [0.2, 0.25) is 0 Å². The fourth-order valence-electron chi connectivity index (χ4n) is 2.71. The highest BCUT2D eigenvalue weighted by Crippen LogP contribution is 2.20. The molecule has 2 heterocycles. The van der Waals surface area contributed by atoms with Crippen LogP contribution in [-0.4, -0.2) is 44.5 Å². The molecule has 2 aliphatic rings. The normalized spacial score (nSPS) is 35.9. The molecule has 5 nitrogen and oxygen atoms in total. The lowest BCUT2D eigenvalue weighted by Crippen LogP contribution is -2.54. The Balaban J connectivity index is 1.98. The van der Waals surface area contributed by atoms with Crippen LogP contribution in [0.4, 0.5) is 0 Å². The van der Waals surface area contributed by atoms with Crippen molar-refractivity contribution >= 4 is 15.7 Å². The Hall–Kier alpha value is -0.620. The second-order valence-electron chi connectivity index (χ2n) is 5.44. The lowest BCUT2D eigenvalue weighted by molar-refractivity contribution is -0.122. The second-order valence-corrected chi connectivity index (χ2v) is 7.74. The van der Waals surface area contributed by atoms with E-state index in [2.05, 4.69) is 17.6 Å². The van der Waals surface area contributed by atoms with Gasteiger partial charge in [0.25, 0.3) is 0 Å². The molecule has 0 aromatic rings. The monoisotopic (exact) mass is 274 g/mol. The summed E-state index contributed by atoms with van der Waals surface area (Å²) in [5.41, 5.74) is 0. The summed E-state index contributed by atoms with van der Waals surface area (Å²) in [7, 11) is -3.22. The summed E-state index contributed by atoms with van der Waals surface area (Å²) in [4.78, 5) is 12.1. The van der Waals surface area contributed by atoms with Gasteiger partial charge in [-0.05, 0) is 31.7 Å². The number of sulfone groups is 1. The molecule has 3 atom stereocenters. The summed E-state index contributed by atoms with van der Waals surface area (Å²) in [6.45, 7) is 3.80. The van der Waals surface area contributed by atoms with Crippen LogP contribution in [0.1, 0.15) is 32.6 Å². The lowest BCUT2D eigenvalue weighted by Gasteiger charge is -2.32. The van der Waals surface area contributed by atoms with E-state index in [0.717, 1.165) is 25.9 Å². The number of carbonyl (C=O) groups excluding carboxylic acids is 1. The fraction of sp³-hybridized carbons (Fsp3) is 0.917. The van der Waals surface area contributed by atoms with Crippen LogP contribution in [0, 0.1) is 5.92 Å². The van der Waals surface area contributed by atoms with Crippen molar-refractivity contribution < 1.29 is 13.2 Å². The first kappa shape index (κ1) is 13.8. The van der Waals surface area contributed by atoms with E-state index >= 15 is 0 Å². The molecule has 2 N–H and O–H groups in total. The minimum Gasteiger partial charge on any atom is -0.351 e. The van der Waals surface area contributed by atoms with Gasteiger partial charge in [0.2, 0.25) is 5.91 Å². The highest BCUT2D eigenvalue weighted by Gasteiger charge is 2.36. The van der Waals surface area contributed by atoms with Gasteiger partial charge in [0.15, 0.2) is 9.84 Å². The maximum absolute atomic E-state index is 12.1. The maximum atomic E-state index is 12.1. The molecule has 0 radical (unpaired) electrons. The molecular formula is C12H22N2O3S. The summed E-state index contributed by atoms with van der Waals surface area (Å²) in [6, 6.07) is 0.0587. The molecule has 104 valence electrons. The lowest BCUT2D eigenvalue weighted by atomic mass is 9.94. The average molecular weight is 274 g/mol. The van der Waals surface area contributed by atoms with Gasteiger partial charge in [-0.2, -0.15) is 0 Å². The molecule has 2 saturated heterocycles. The van der Waals surface area contributed by atoms with Crippen LogP contribution in [0.15, 0.2) is 0 Å². The maximum Gasteiger partial charge on any atom is 0.238 e. The first-order chi connectivity index (χ1) is 8.50. The number of hydrogen-bond donors (Lipinski definition) is 2. The third kappa shape index (κ3) is 3.03. The quantitative estimate of drug-likeness (QED) is 0.747. The van der Waals surface area contributed by atoms with Crippen molar-refractivity contribution in [2.45, 2.75) is 43.9 Å². The van der Waals surface area contributed by atoms with E-state index in [1.54, 1.807) is 0 Å². The van der Waals surface area contributed by atoms with Gasteiger partial charge >= 0.3 is 0 Å². The van der Waals surface area contributed by atoms with E-state index in [-0.39, 0.29) is 17.7 Å². The van der Waals surface area contributed by atoms with E-state index in [1.165, 1.54) is 0 Å². The predicted octanol–water partition coefficient (Wildman–Crippen LogP) is 0.0679. The average Bonchev–Trinajstić information content (AvgIpc) is 2.31. The van der Waals surface area contributed by atoms with Gasteiger partial charge in [0.05, 0.1) is 5.75 Å². The van der Waals surface area contributed by atoms with Crippen molar-refractivity contribution in [2.75, 3.05) is 18.8 Å². The molecule has 2 fully saturated rings. The Morgan fingerprint density at radius 1 is 1.28 bits per heavy atom. The summed E-state index contributed by atoms with van der Waals surface area (Å²) in [6.07, 6.45) is 3.01. The molecule has 6 heteroatoms. The van der Waals surface area contributed by atoms with Crippen molar-refractivity contribution in [3.63, 3.8) is 0 Å². The molecule has 18 heavy (non-hydrogen) atoms. The van der Waals surface area contributed by atoms with Crippen LogP contribution in [0.5, 0.6) is 0 Å². The second kappa shape index (κ2) is 5.57. The summed E-state index contributed by atoms with van der Waals surface area (Å²) >= 11 is 0. The zero-order chi connectivity index (χ0) is 13.2. The molecular weight excluding hydrogens is 252 g/mol. The van der Waals surface area contributed by atoms with Gasteiger partial charge in [-0.15, -0.1) is 0 Å². The minimum atomic E-state index is -3.22. The first-order valence-electron chi connectivity index (χ1n) is 6.73. The zero-order valence-corrected chi connectivity index (χ0v) is 11.6. The Bertz CT molecular complexity index is 408. The van der Waals surface area contributed by atoms with E-state index in [1.807, 2.05) is 0 Å². The highest BCUT2D eigenvalue weighted by molar-refractivity contribution is 7.92. The molecule has 0 bridgehead atoms. The van der Waals surface area contributed by atoms with Gasteiger partial charge in [-0.1, -0.05) is 13.3 Å². The third-order valence-electron chi connectivity index (χ3n) is 4.03. The Morgan fingerprint density at radius 2 is 2.06 bits per heavy atom. The SMILES string of the molecule is CC1CCNCC1NC(=O)C1CCCCS1(=O)=O. The number of rotatable bonds is 2. The Labute approximate surface area is 109 Å². The fourth-order valence-corrected chi connectivity index (χ4v) is 4.52. The number of piperidine rings is 1. The van der Waals surface area contributed by atoms with Crippen LogP contribution in [0.25, 0.3) is 0 Å². The number of hydrogen-bond acceptors (Lipinski definition) is 4. The van der Waals surface area contributed by atoms with Crippen LogP contribution >= 0.6 is 0 Å². The van der Waals surface area contributed by atoms with Gasteiger partial charge in [-0.3, -0.25) is 4.79 Å². The molecule has 0 aliphatic carbocycles. The minimum absolute atomic E-state index is 0.0587. The molecule has 1 amide bonds. The van der Waals surface area contributed by atoms with Crippen molar-refractivity contribution in [1.29, 1.82) is 0 Å². The van der Waals surface area contributed by atoms with Crippen molar-refractivity contribution in [3.05, 3.63) is 0 Å². The first-order valence-corrected chi connectivity index (χ1v) is 8.45. The summed E-state index contributed by atoms with van der Waals surface area (Å²) in [5, 5.41) is 5.32. The largest absolute Gasteiger partial charge is 0.351 e.